The molecule has 7 nitrogen and oxygen atoms in total. The van der Waals surface area contributed by atoms with E-state index in [0.29, 0.717) is 19.8 Å². The van der Waals surface area contributed by atoms with Gasteiger partial charge in [-0.15, -0.1) is 0 Å². The van der Waals surface area contributed by atoms with Crippen molar-refractivity contribution in [3.63, 3.8) is 0 Å². The third-order valence-corrected chi connectivity index (χ3v) is 4.57. The van der Waals surface area contributed by atoms with E-state index in [4.69, 9.17) is 9.47 Å². The van der Waals surface area contributed by atoms with Crippen molar-refractivity contribution in [2.75, 3.05) is 38.2 Å². The number of piperidine rings is 1. The van der Waals surface area contributed by atoms with Crippen LogP contribution < -0.4 is 5.32 Å². The topological polar surface area (TPSA) is 68.6 Å². The Morgan fingerprint density at radius 2 is 1.91 bits per heavy atom. The molecule has 7 heteroatoms. The van der Waals surface area contributed by atoms with Crippen LogP contribution in [0, 0.1) is 13.8 Å². The summed E-state index contributed by atoms with van der Waals surface area (Å²) in [6.45, 7) is 7.25. The third kappa shape index (κ3) is 3.02. The number of nitrogens with zero attached hydrogens (tertiary/aromatic N) is 3. The highest BCUT2D eigenvalue weighted by Gasteiger charge is 2.39. The van der Waals surface area contributed by atoms with Crippen molar-refractivity contribution in [3.8, 4) is 0 Å². The number of ether oxygens (including phenoxy) is 2. The molecule has 1 N–H and O–H groups in total. The lowest BCUT2D eigenvalue weighted by Crippen LogP contribution is -2.47. The van der Waals surface area contributed by atoms with E-state index in [1.807, 2.05) is 20.9 Å². The number of carbonyl (C=O) groups excluding carboxylic acids is 1. The fraction of sp³-hybridized carbons (Fsp3) is 0.733. The number of aryl methyl sites for hydroxylation is 2. The van der Waals surface area contributed by atoms with Gasteiger partial charge in [-0.3, -0.25) is 14.4 Å². The van der Waals surface area contributed by atoms with Crippen LogP contribution >= 0.6 is 0 Å². The van der Waals surface area contributed by atoms with E-state index < -0.39 is 0 Å². The normalized spacial score (nSPS) is 21.4. The van der Waals surface area contributed by atoms with Crippen LogP contribution in [-0.2, 0) is 21.3 Å². The quantitative estimate of drug-likeness (QED) is 0.895. The molecule has 1 aromatic rings. The number of likely N-dealkylation sites (tertiary alicyclic amines) is 1. The molecule has 2 saturated heterocycles. The van der Waals surface area contributed by atoms with Gasteiger partial charge in [0.15, 0.2) is 5.79 Å². The number of nitrogens with one attached hydrogen (secondary N) is 1. The molecule has 0 unspecified atom stereocenters. The van der Waals surface area contributed by atoms with Crippen molar-refractivity contribution >= 4 is 11.6 Å². The van der Waals surface area contributed by atoms with Crippen LogP contribution in [0.4, 0.5) is 5.69 Å². The second-order valence-corrected chi connectivity index (χ2v) is 6.10. The molecule has 3 rings (SSSR count). The Morgan fingerprint density at radius 3 is 2.45 bits per heavy atom. The minimum absolute atomic E-state index is 0.00316. The van der Waals surface area contributed by atoms with E-state index in [9.17, 15) is 4.79 Å². The van der Waals surface area contributed by atoms with E-state index in [-0.39, 0.29) is 11.7 Å². The van der Waals surface area contributed by atoms with Crippen LogP contribution in [0.5, 0.6) is 0 Å². The summed E-state index contributed by atoms with van der Waals surface area (Å²) >= 11 is 0. The van der Waals surface area contributed by atoms with Crippen molar-refractivity contribution in [3.05, 3.63) is 11.4 Å². The molecule has 0 aliphatic carbocycles. The summed E-state index contributed by atoms with van der Waals surface area (Å²) in [5.74, 6) is -0.382. The molecule has 3 heterocycles. The van der Waals surface area contributed by atoms with Crippen LogP contribution in [0.15, 0.2) is 0 Å². The Balaban J connectivity index is 1.52. The molecule has 2 aliphatic heterocycles. The van der Waals surface area contributed by atoms with Gasteiger partial charge in [0.2, 0.25) is 5.91 Å². The molecule has 1 amide bonds. The van der Waals surface area contributed by atoms with Gasteiger partial charge in [0.25, 0.3) is 0 Å². The van der Waals surface area contributed by atoms with E-state index in [2.05, 4.69) is 15.3 Å². The smallest absolute Gasteiger partial charge is 0.238 e. The summed E-state index contributed by atoms with van der Waals surface area (Å²) < 4.78 is 13.2. The summed E-state index contributed by atoms with van der Waals surface area (Å²) in [6, 6.07) is 0. The Kier molecular flexibility index (Phi) is 4.20. The number of rotatable bonds is 3. The number of carbonyl (C=O) groups is 1. The van der Waals surface area contributed by atoms with Crippen LogP contribution in [0.2, 0.25) is 0 Å². The van der Waals surface area contributed by atoms with Crippen LogP contribution in [-0.4, -0.2) is 59.2 Å². The van der Waals surface area contributed by atoms with Crippen molar-refractivity contribution in [2.24, 2.45) is 7.05 Å². The van der Waals surface area contributed by atoms with Gasteiger partial charge in [-0.1, -0.05) is 0 Å². The Hall–Kier alpha value is -1.44. The SMILES string of the molecule is Cc1nn(C)c(C)c1NC(=O)CN1CCC2(CC1)OCCO2. The van der Waals surface area contributed by atoms with E-state index >= 15 is 0 Å². The van der Waals surface area contributed by atoms with Crippen LogP contribution in [0.25, 0.3) is 0 Å². The molecular weight excluding hydrogens is 284 g/mol. The molecule has 0 atom stereocenters. The first-order chi connectivity index (χ1) is 10.5. The Labute approximate surface area is 130 Å². The lowest BCUT2D eigenvalue weighted by Gasteiger charge is -2.37. The minimum Gasteiger partial charge on any atom is -0.347 e. The molecule has 22 heavy (non-hydrogen) atoms. The predicted octanol–water partition coefficient (Wildman–Crippen LogP) is 0.814. The second-order valence-electron chi connectivity index (χ2n) is 6.10. The average Bonchev–Trinajstić information content (AvgIpc) is 3.03. The average molecular weight is 308 g/mol. The van der Waals surface area contributed by atoms with Crippen molar-refractivity contribution < 1.29 is 14.3 Å². The molecule has 1 spiro atoms. The van der Waals surface area contributed by atoms with Gasteiger partial charge < -0.3 is 14.8 Å². The highest BCUT2D eigenvalue weighted by Crippen LogP contribution is 2.31. The summed E-state index contributed by atoms with van der Waals surface area (Å²) in [5.41, 5.74) is 2.64. The fourth-order valence-electron chi connectivity index (χ4n) is 3.17. The zero-order valence-electron chi connectivity index (χ0n) is 13.5. The number of amides is 1. The first-order valence-corrected chi connectivity index (χ1v) is 7.79. The largest absolute Gasteiger partial charge is 0.347 e. The van der Waals surface area contributed by atoms with Gasteiger partial charge in [-0.25, -0.2) is 0 Å². The van der Waals surface area contributed by atoms with E-state index in [1.54, 1.807) is 4.68 Å². The van der Waals surface area contributed by atoms with Crippen molar-refractivity contribution in [2.45, 2.75) is 32.5 Å². The van der Waals surface area contributed by atoms with Gasteiger partial charge in [0, 0.05) is 33.0 Å². The maximum Gasteiger partial charge on any atom is 0.238 e. The fourth-order valence-corrected chi connectivity index (χ4v) is 3.17. The van der Waals surface area contributed by atoms with Crippen LogP contribution in [0.3, 0.4) is 0 Å². The molecule has 2 aliphatic rings. The van der Waals surface area contributed by atoms with Crippen molar-refractivity contribution in [1.29, 1.82) is 0 Å². The highest BCUT2D eigenvalue weighted by atomic mass is 16.7. The lowest BCUT2D eigenvalue weighted by molar-refractivity contribution is -0.185. The molecule has 0 radical (unpaired) electrons. The number of hydrogen-bond acceptors (Lipinski definition) is 5. The van der Waals surface area contributed by atoms with Crippen molar-refractivity contribution in [1.82, 2.24) is 14.7 Å². The molecule has 2 fully saturated rings. The zero-order chi connectivity index (χ0) is 15.7. The summed E-state index contributed by atoms with van der Waals surface area (Å²) in [6.07, 6.45) is 1.65. The Bertz CT molecular complexity index is 553. The molecule has 0 aromatic carbocycles. The van der Waals surface area contributed by atoms with Gasteiger partial charge in [-0.05, 0) is 13.8 Å². The lowest BCUT2D eigenvalue weighted by atomic mass is 10.0. The molecule has 1 aromatic heterocycles. The molecule has 0 saturated carbocycles. The molecular formula is C15H24N4O3. The third-order valence-electron chi connectivity index (χ3n) is 4.57. The maximum absolute atomic E-state index is 12.3. The summed E-state index contributed by atoms with van der Waals surface area (Å²) in [4.78, 5) is 14.4. The minimum atomic E-state index is -0.385. The van der Waals surface area contributed by atoms with Gasteiger partial charge in [-0.2, -0.15) is 5.10 Å². The Morgan fingerprint density at radius 1 is 1.27 bits per heavy atom. The predicted molar refractivity (Wildman–Crippen MR) is 81.6 cm³/mol. The standard InChI is InChI=1S/C15H24N4O3/c1-11-14(12(2)18(3)17-11)16-13(20)10-19-6-4-15(5-7-19)21-8-9-22-15/h4-10H2,1-3H3,(H,16,20). The number of aromatic nitrogens is 2. The monoisotopic (exact) mass is 308 g/mol. The highest BCUT2D eigenvalue weighted by molar-refractivity contribution is 5.93. The van der Waals surface area contributed by atoms with Gasteiger partial charge in [0.1, 0.15) is 0 Å². The van der Waals surface area contributed by atoms with Gasteiger partial charge >= 0.3 is 0 Å². The van der Waals surface area contributed by atoms with Crippen LogP contribution in [0.1, 0.15) is 24.2 Å². The number of anilines is 1. The first-order valence-electron chi connectivity index (χ1n) is 7.79. The first kappa shape index (κ1) is 15.5. The van der Waals surface area contributed by atoms with Gasteiger partial charge in [0.05, 0.1) is 36.8 Å². The summed E-state index contributed by atoms with van der Waals surface area (Å²) in [7, 11) is 1.88. The summed E-state index contributed by atoms with van der Waals surface area (Å²) in [5, 5.41) is 7.30. The molecule has 0 bridgehead atoms. The van der Waals surface area contributed by atoms with E-state index in [0.717, 1.165) is 43.0 Å². The second kappa shape index (κ2) is 5.98. The zero-order valence-corrected chi connectivity index (χ0v) is 13.5. The molecule has 122 valence electrons. The van der Waals surface area contributed by atoms with E-state index in [1.165, 1.54) is 0 Å². The number of hydrogen-bond donors (Lipinski definition) is 1. The maximum atomic E-state index is 12.3.